The summed E-state index contributed by atoms with van der Waals surface area (Å²) in [5, 5.41) is 9.89. The molecule has 0 spiro atoms. The third-order valence-corrected chi connectivity index (χ3v) is 2.91. The van der Waals surface area contributed by atoms with E-state index in [9.17, 15) is 9.90 Å². The van der Waals surface area contributed by atoms with E-state index in [1.54, 1.807) is 17.5 Å². The fourth-order valence-electron chi connectivity index (χ4n) is 2.03. The first-order valence-corrected chi connectivity index (χ1v) is 6.24. The molecule has 0 bridgehead atoms. The highest BCUT2D eigenvalue weighted by Crippen LogP contribution is 2.29. The zero-order chi connectivity index (χ0) is 14.2. The molecule has 0 fully saturated rings. The molecule has 5 heteroatoms. The van der Waals surface area contributed by atoms with E-state index >= 15 is 0 Å². The number of carbonyl (C=O) groups excluding carboxylic acids is 1. The highest BCUT2D eigenvalue weighted by Gasteiger charge is 2.25. The quantitative estimate of drug-likeness (QED) is 0.845. The van der Waals surface area contributed by atoms with Gasteiger partial charge >= 0.3 is 5.97 Å². The second-order valence-corrected chi connectivity index (χ2v) is 5.37. The Labute approximate surface area is 111 Å². The Hall–Kier alpha value is -2.04. The summed E-state index contributed by atoms with van der Waals surface area (Å²) in [5.74, 6) is -0.867. The largest absolute Gasteiger partial charge is 0.492 e. The van der Waals surface area contributed by atoms with Gasteiger partial charge in [0.2, 0.25) is 5.88 Å². The Morgan fingerprint density at radius 3 is 2.74 bits per heavy atom. The van der Waals surface area contributed by atoms with Crippen molar-refractivity contribution in [1.82, 2.24) is 9.38 Å². The molecule has 19 heavy (non-hydrogen) atoms. The lowest BCUT2D eigenvalue weighted by atomic mass is 9.88. The van der Waals surface area contributed by atoms with Gasteiger partial charge in [-0.15, -0.1) is 0 Å². The topological polar surface area (TPSA) is 63.8 Å². The van der Waals surface area contributed by atoms with Crippen LogP contribution in [0.5, 0.6) is 5.88 Å². The van der Waals surface area contributed by atoms with Crippen LogP contribution in [0.2, 0.25) is 0 Å². The number of hydrogen-bond donors (Lipinski definition) is 1. The van der Waals surface area contributed by atoms with Crippen molar-refractivity contribution in [2.75, 3.05) is 6.61 Å². The van der Waals surface area contributed by atoms with Crippen LogP contribution < -0.4 is 0 Å². The van der Waals surface area contributed by atoms with Gasteiger partial charge in [-0.2, -0.15) is 4.98 Å². The van der Waals surface area contributed by atoms with Crippen LogP contribution in [0.25, 0.3) is 5.65 Å². The molecule has 0 unspecified atom stereocenters. The molecule has 0 aromatic carbocycles. The Morgan fingerprint density at radius 1 is 1.47 bits per heavy atom. The SMILES string of the molecule is CCOC(=O)c1c(O)nc2c(C(C)(C)C)cccn12. The average Bonchev–Trinajstić information content (AvgIpc) is 2.63. The van der Waals surface area contributed by atoms with Gasteiger partial charge in [-0.05, 0) is 18.4 Å². The Morgan fingerprint density at radius 2 is 2.16 bits per heavy atom. The number of aromatic nitrogens is 2. The van der Waals surface area contributed by atoms with Gasteiger partial charge in [0.1, 0.15) is 5.65 Å². The molecule has 0 aliphatic carbocycles. The van der Waals surface area contributed by atoms with Gasteiger partial charge in [-0.3, -0.25) is 4.40 Å². The molecule has 0 saturated heterocycles. The summed E-state index contributed by atoms with van der Waals surface area (Å²) in [6, 6.07) is 3.77. The molecule has 0 aliphatic rings. The molecule has 0 saturated carbocycles. The molecule has 2 aromatic rings. The lowest BCUT2D eigenvalue weighted by Gasteiger charge is -2.19. The van der Waals surface area contributed by atoms with Crippen LogP contribution in [0.3, 0.4) is 0 Å². The maximum atomic E-state index is 11.9. The summed E-state index contributed by atoms with van der Waals surface area (Å²) in [6.07, 6.45) is 1.70. The van der Waals surface area contributed by atoms with Crippen LogP contribution in [0, 0.1) is 0 Å². The summed E-state index contributed by atoms with van der Waals surface area (Å²) < 4.78 is 6.52. The van der Waals surface area contributed by atoms with Crippen LogP contribution >= 0.6 is 0 Å². The average molecular weight is 262 g/mol. The molecule has 102 valence electrons. The summed E-state index contributed by atoms with van der Waals surface area (Å²) in [6.45, 7) is 8.14. The number of hydrogen-bond acceptors (Lipinski definition) is 4. The zero-order valence-electron chi connectivity index (χ0n) is 11.6. The van der Waals surface area contributed by atoms with Crippen molar-refractivity contribution in [1.29, 1.82) is 0 Å². The lowest BCUT2D eigenvalue weighted by molar-refractivity contribution is 0.0514. The zero-order valence-corrected chi connectivity index (χ0v) is 11.6. The van der Waals surface area contributed by atoms with Crippen LogP contribution in [-0.2, 0) is 10.2 Å². The van der Waals surface area contributed by atoms with E-state index in [4.69, 9.17) is 4.74 Å². The predicted octanol–water partition coefficient (Wildman–Crippen LogP) is 2.51. The number of pyridine rings is 1. The summed E-state index contributed by atoms with van der Waals surface area (Å²) >= 11 is 0. The van der Waals surface area contributed by atoms with Gasteiger partial charge in [-0.25, -0.2) is 4.79 Å². The first kappa shape index (κ1) is 13.4. The Kier molecular flexibility index (Phi) is 3.22. The molecular formula is C14H18N2O3. The summed E-state index contributed by atoms with van der Waals surface area (Å²) in [5.41, 5.74) is 1.48. The van der Waals surface area contributed by atoms with Gasteiger partial charge in [0.25, 0.3) is 0 Å². The van der Waals surface area contributed by atoms with Crippen molar-refractivity contribution in [2.24, 2.45) is 0 Å². The highest BCUT2D eigenvalue weighted by atomic mass is 16.5. The second-order valence-electron chi connectivity index (χ2n) is 5.37. The molecule has 2 aromatic heterocycles. The first-order valence-electron chi connectivity index (χ1n) is 6.24. The number of aromatic hydroxyl groups is 1. The number of ether oxygens (including phenoxy) is 1. The van der Waals surface area contributed by atoms with Gasteiger partial charge in [-0.1, -0.05) is 26.8 Å². The van der Waals surface area contributed by atoms with Crippen LogP contribution in [0.4, 0.5) is 0 Å². The van der Waals surface area contributed by atoms with E-state index in [0.717, 1.165) is 5.56 Å². The third kappa shape index (κ3) is 2.28. The molecular weight excluding hydrogens is 244 g/mol. The number of esters is 1. The fraction of sp³-hybridized carbons (Fsp3) is 0.429. The van der Waals surface area contributed by atoms with Crippen molar-refractivity contribution in [3.63, 3.8) is 0 Å². The standard InChI is InChI=1S/C14H18N2O3/c1-5-19-13(18)10-12(17)15-11-9(14(2,3)4)7-6-8-16(10)11/h6-8,17H,5H2,1-4H3. The van der Waals surface area contributed by atoms with Crippen LogP contribution in [0.1, 0.15) is 43.7 Å². The van der Waals surface area contributed by atoms with Crippen molar-refractivity contribution in [3.8, 4) is 5.88 Å². The van der Waals surface area contributed by atoms with Gasteiger partial charge < -0.3 is 9.84 Å². The van der Waals surface area contributed by atoms with E-state index in [1.807, 2.05) is 12.1 Å². The molecule has 5 nitrogen and oxygen atoms in total. The number of nitrogens with zero attached hydrogens (tertiary/aromatic N) is 2. The summed E-state index contributed by atoms with van der Waals surface area (Å²) in [7, 11) is 0. The minimum absolute atomic E-state index is 0.0722. The molecule has 1 N–H and O–H groups in total. The molecule has 0 atom stereocenters. The van der Waals surface area contributed by atoms with Gasteiger partial charge in [0.15, 0.2) is 5.69 Å². The van der Waals surface area contributed by atoms with E-state index in [0.29, 0.717) is 5.65 Å². The molecule has 0 amide bonds. The Balaban J connectivity index is 2.69. The molecule has 0 radical (unpaired) electrons. The van der Waals surface area contributed by atoms with Crippen molar-refractivity contribution in [3.05, 3.63) is 29.6 Å². The Bertz CT molecular complexity index is 623. The smallest absolute Gasteiger partial charge is 0.361 e. The van der Waals surface area contributed by atoms with Crippen molar-refractivity contribution < 1.29 is 14.6 Å². The van der Waals surface area contributed by atoms with Crippen LogP contribution in [-0.4, -0.2) is 27.1 Å². The van der Waals surface area contributed by atoms with E-state index in [1.165, 1.54) is 0 Å². The normalized spacial score (nSPS) is 11.8. The van der Waals surface area contributed by atoms with E-state index in [-0.39, 0.29) is 23.6 Å². The number of imidazole rings is 1. The minimum Gasteiger partial charge on any atom is -0.492 e. The molecule has 2 heterocycles. The molecule has 2 rings (SSSR count). The van der Waals surface area contributed by atoms with Crippen LogP contribution in [0.15, 0.2) is 18.3 Å². The number of carbonyl (C=O) groups is 1. The minimum atomic E-state index is -0.571. The third-order valence-electron chi connectivity index (χ3n) is 2.91. The maximum absolute atomic E-state index is 11.9. The number of rotatable bonds is 2. The lowest BCUT2D eigenvalue weighted by Crippen LogP contribution is -2.14. The monoisotopic (exact) mass is 262 g/mol. The van der Waals surface area contributed by atoms with E-state index < -0.39 is 5.97 Å². The summed E-state index contributed by atoms with van der Waals surface area (Å²) in [4.78, 5) is 16.0. The second kappa shape index (κ2) is 4.57. The van der Waals surface area contributed by atoms with Crippen molar-refractivity contribution in [2.45, 2.75) is 33.1 Å². The van der Waals surface area contributed by atoms with Gasteiger partial charge in [0, 0.05) is 11.8 Å². The number of fused-ring (bicyclic) bond motifs is 1. The fourth-order valence-corrected chi connectivity index (χ4v) is 2.03. The van der Waals surface area contributed by atoms with Crippen molar-refractivity contribution >= 4 is 11.6 Å². The maximum Gasteiger partial charge on any atom is 0.361 e. The highest BCUT2D eigenvalue weighted by molar-refractivity contribution is 5.91. The van der Waals surface area contributed by atoms with Gasteiger partial charge in [0.05, 0.1) is 6.61 Å². The molecule has 0 aliphatic heterocycles. The first-order chi connectivity index (χ1) is 8.86. The van der Waals surface area contributed by atoms with E-state index in [2.05, 4.69) is 25.8 Å². The predicted molar refractivity (Wildman–Crippen MR) is 71.5 cm³/mol.